The molecule has 0 aliphatic heterocycles. The van der Waals surface area contributed by atoms with E-state index in [0.717, 1.165) is 0 Å². The molecule has 0 spiro atoms. The SMILES string of the molecule is N#CC(=CC=CC=CC=COc1ccco1)C(=O)O. The molecular formula is C14H11NO4. The van der Waals surface area contributed by atoms with Crippen molar-refractivity contribution in [2.75, 3.05) is 0 Å². The lowest BCUT2D eigenvalue weighted by molar-refractivity contribution is -0.132. The maximum Gasteiger partial charge on any atom is 0.346 e. The molecule has 0 unspecified atom stereocenters. The Kier molecular flexibility index (Phi) is 6.03. The van der Waals surface area contributed by atoms with E-state index in [4.69, 9.17) is 19.5 Å². The first-order valence-electron chi connectivity index (χ1n) is 5.28. The Hall–Kier alpha value is -3.00. The highest BCUT2D eigenvalue weighted by Gasteiger charge is 2.01. The minimum Gasteiger partial charge on any atom is -0.477 e. The molecule has 19 heavy (non-hydrogen) atoms. The smallest absolute Gasteiger partial charge is 0.346 e. The van der Waals surface area contributed by atoms with Gasteiger partial charge in [-0.15, -0.1) is 0 Å². The Bertz CT molecular complexity index is 557. The summed E-state index contributed by atoms with van der Waals surface area (Å²) in [6, 6.07) is 4.96. The second kappa shape index (κ2) is 8.14. The number of carbonyl (C=O) groups is 1. The number of ether oxygens (including phenoxy) is 1. The Balaban J connectivity index is 2.36. The summed E-state index contributed by atoms with van der Waals surface area (Å²) < 4.78 is 10.0. The number of nitrogens with zero attached hydrogens (tertiary/aromatic N) is 1. The van der Waals surface area contributed by atoms with E-state index in [0.29, 0.717) is 5.95 Å². The summed E-state index contributed by atoms with van der Waals surface area (Å²) >= 11 is 0. The molecule has 0 aliphatic carbocycles. The number of hydrogen-bond donors (Lipinski definition) is 1. The molecule has 96 valence electrons. The first-order valence-corrected chi connectivity index (χ1v) is 5.28. The van der Waals surface area contributed by atoms with E-state index in [9.17, 15) is 4.79 Å². The van der Waals surface area contributed by atoms with Crippen molar-refractivity contribution >= 4 is 5.97 Å². The van der Waals surface area contributed by atoms with Crippen LogP contribution in [0.4, 0.5) is 0 Å². The van der Waals surface area contributed by atoms with Gasteiger partial charge in [0, 0.05) is 6.07 Å². The van der Waals surface area contributed by atoms with Crippen molar-refractivity contribution in [1.29, 1.82) is 5.26 Å². The molecule has 5 nitrogen and oxygen atoms in total. The molecule has 0 atom stereocenters. The van der Waals surface area contributed by atoms with Crippen LogP contribution >= 0.6 is 0 Å². The summed E-state index contributed by atoms with van der Waals surface area (Å²) in [4.78, 5) is 10.5. The first kappa shape index (κ1) is 14.1. The van der Waals surface area contributed by atoms with Crippen LogP contribution < -0.4 is 4.74 Å². The predicted molar refractivity (Wildman–Crippen MR) is 68.1 cm³/mol. The van der Waals surface area contributed by atoms with E-state index in [1.165, 1.54) is 24.7 Å². The second-order valence-electron chi connectivity index (χ2n) is 3.15. The Morgan fingerprint density at radius 2 is 2.05 bits per heavy atom. The van der Waals surface area contributed by atoms with Gasteiger partial charge in [-0.2, -0.15) is 5.26 Å². The number of hydrogen-bond acceptors (Lipinski definition) is 4. The van der Waals surface area contributed by atoms with Crippen LogP contribution in [0.1, 0.15) is 0 Å². The van der Waals surface area contributed by atoms with Crippen molar-refractivity contribution in [2.24, 2.45) is 0 Å². The fourth-order valence-electron chi connectivity index (χ4n) is 0.983. The summed E-state index contributed by atoms with van der Waals surface area (Å²) in [5.74, 6) is -0.855. The molecule has 1 heterocycles. The summed E-state index contributed by atoms with van der Waals surface area (Å²) in [5, 5.41) is 17.0. The van der Waals surface area contributed by atoms with Crippen LogP contribution in [0.5, 0.6) is 5.95 Å². The van der Waals surface area contributed by atoms with Crippen LogP contribution in [0.3, 0.4) is 0 Å². The van der Waals surface area contributed by atoms with Gasteiger partial charge in [-0.1, -0.05) is 24.3 Å². The number of rotatable bonds is 6. The Morgan fingerprint density at radius 3 is 2.68 bits per heavy atom. The van der Waals surface area contributed by atoms with Gasteiger partial charge in [0.25, 0.3) is 5.95 Å². The van der Waals surface area contributed by atoms with Gasteiger partial charge in [0.1, 0.15) is 11.6 Å². The number of aliphatic carboxylic acids is 1. The molecular weight excluding hydrogens is 246 g/mol. The lowest BCUT2D eigenvalue weighted by atomic mass is 10.2. The number of carboxylic acid groups (broad SMARTS) is 1. The van der Waals surface area contributed by atoms with Crippen LogP contribution in [0, 0.1) is 11.3 Å². The van der Waals surface area contributed by atoms with Crippen molar-refractivity contribution in [3.63, 3.8) is 0 Å². The molecule has 1 aromatic rings. The maximum atomic E-state index is 10.5. The van der Waals surface area contributed by atoms with Crippen molar-refractivity contribution in [3.05, 3.63) is 66.7 Å². The topological polar surface area (TPSA) is 83.5 Å². The Labute approximate surface area is 110 Å². The predicted octanol–water partition coefficient (Wildman–Crippen LogP) is 2.82. The summed E-state index contributed by atoms with van der Waals surface area (Å²) in [6.45, 7) is 0. The molecule has 0 bridgehead atoms. The highest BCUT2D eigenvalue weighted by molar-refractivity contribution is 5.91. The first-order chi connectivity index (χ1) is 9.24. The van der Waals surface area contributed by atoms with Crippen LogP contribution in [-0.4, -0.2) is 11.1 Å². The van der Waals surface area contributed by atoms with Crippen LogP contribution in [0.15, 0.2) is 71.1 Å². The summed E-state index contributed by atoms with van der Waals surface area (Å²) in [6.07, 6.45) is 12.2. The van der Waals surface area contributed by atoms with Gasteiger partial charge in [0.2, 0.25) is 0 Å². The fourth-order valence-corrected chi connectivity index (χ4v) is 0.983. The molecule has 0 amide bonds. The molecule has 0 fully saturated rings. The van der Waals surface area contributed by atoms with E-state index in [-0.39, 0.29) is 5.57 Å². The second-order valence-corrected chi connectivity index (χ2v) is 3.15. The highest BCUT2D eigenvalue weighted by Crippen LogP contribution is 2.09. The number of carboxylic acids is 1. The van der Waals surface area contributed by atoms with E-state index >= 15 is 0 Å². The zero-order chi connectivity index (χ0) is 13.9. The fraction of sp³-hybridized carbons (Fsp3) is 0. The molecule has 0 radical (unpaired) electrons. The summed E-state index contributed by atoms with van der Waals surface area (Å²) in [5.41, 5.74) is -0.318. The standard InChI is InChI=1S/C14H11NO4/c15-11-12(14(16)17)7-4-2-1-3-5-9-18-13-8-6-10-19-13/h1-10H,(H,16,17). The van der Waals surface area contributed by atoms with Gasteiger partial charge >= 0.3 is 5.97 Å². The van der Waals surface area contributed by atoms with E-state index in [1.54, 1.807) is 42.5 Å². The minimum absolute atomic E-state index is 0.318. The maximum absolute atomic E-state index is 10.5. The normalized spacial score (nSPS) is 12.3. The highest BCUT2D eigenvalue weighted by atomic mass is 16.6. The van der Waals surface area contributed by atoms with Gasteiger partial charge < -0.3 is 14.3 Å². The third-order valence-corrected chi connectivity index (χ3v) is 1.82. The molecule has 1 rings (SSSR count). The van der Waals surface area contributed by atoms with Crippen LogP contribution in [-0.2, 0) is 4.79 Å². The summed E-state index contributed by atoms with van der Waals surface area (Å²) in [7, 11) is 0. The van der Waals surface area contributed by atoms with Gasteiger partial charge in [-0.05, 0) is 18.2 Å². The van der Waals surface area contributed by atoms with Crippen molar-refractivity contribution in [2.45, 2.75) is 0 Å². The van der Waals surface area contributed by atoms with Crippen molar-refractivity contribution < 1.29 is 19.1 Å². The molecule has 1 aromatic heterocycles. The average Bonchev–Trinajstić information content (AvgIpc) is 2.89. The van der Waals surface area contributed by atoms with E-state index in [2.05, 4.69) is 0 Å². The van der Waals surface area contributed by atoms with Crippen molar-refractivity contribution in [3.8, 4) is 12.0 Å². The number of furan rings is 1. The molecule has 0 aliphatic rings. The van der Waals surface area contributed by atoms with Gasteiger partial charge in [0.05, 0.1) is 12.5 Å². The zero-order valence-corrected chi connectivity index (χ0v) is 9.89. The lowest BCUT2D eigenvalue weighted by Crippen LogP contribution is -1.96. The molecule has 0 aromatic carbocycles. The van der Waals surface area contributed by atoms with Gasteiger partial charge in [0.15, 0.2) is 0 Å². The lowest BCUT2D eigenvalue weighted by Gasteiger charge is -1.89. The third-order valence-electron chi connectivity index (χ3n) is 1.82. The van der Waals surface area contributed by atoms with Gasteiger partial charge in [-0.3, -0.25) is 0 Å². The van der Waals surface area contributed by atoms with Crippen molar-refractivity contribution in [1.82, 2.24) is 0 Å². The largest absolute Gasteiger partial charge is 0.477 e. The molecule has 1 N–H and O–H groups in total. The van der Waals surface area contributed by atoms with E-state index < -0.39 is 5.97 Å². The zero-order valence-electron chi connectivity index (χ0n) is 9.89. The van der Waals surface area contributed by atoms with Crippen LogP contribution in [0.2, 0.25) is 0 Å². The molecule has 0 saturated carbocycles. The molecule has 0 saturated heterocycles. The van der Waals surface area contributed by atoms with Gasteiger partial charge in [-0.25, -0.2) is 4.79 Å². The minimum atomic E-state index is -1.25. The van der Waals surface area contributed by atoms with E-state index in [1.807, 2.05) is 0 Å². The molecule has 5 heteroatoms. The number of nitriles is 1. The number of allylic oxidation sites excluding steroid dienone is 6. The quantitative estimate of drug-likeness (QED) is 0.366. The Morgan fingerprint density at radius 1 is 1.32 bits per heavy atom. The van der Waals surface area contributed by atoms with Crippen LogP contribution in [0.25, 0.3) is 0 Å². The average molecular weight is 257 g/mol. The third kappa shape index (κ3) is 5.75. The monoisotopic (exact) mass is 257 g/mol.